The summed E-state index contributed by atoms with van der Waals surface area (Å²) in [7, 11) is 0. The lowest BCUT2D eigenvalue weighted by Crippen LogP contribution is -2.32. The molecule has 63 heavy (non-hydrogen) atoms. The third-order valence-electron chi connectivity index (χ3n) is 13.0. The van der Waals surface area contributed by atoms with E-state index in [9.17, 15) is 0 Å². The van der Waals surface area contributed by atoms with Gasteiger partial charge in [-0.2, -0.15) is 0 Å². The molecule has 0 radical (unpaired) electrons. The van der Waals surface area contributed by atoms with Crippen LogP contribution in [0.1, 0.15) is 22.3 Å². The Morgan fingerprint density at radius 1 is 0.349 bits per heavy atom. The number of aromatic nitrogens is 2. The van der Waals surface area contributed by atoms with Crippen molar-refractivity contribution in [3.8, 4) is 78.8 Å². The topological polar surface area (TPSA) is 48.2 Å². The fourth-order valence-electron chi connectivity index (χ4n) is 10.3. The van der Waals surface area contributed by atoms with E-state index < -0.39 is 5.41 Å². The van der Waals surface area contributed by atoms with Gasteiger partial charge in [0, 0.05) is 38.6 Å². The molecule has 9 aromatic carbocycles. The average Bonchev–Trinajstić information content (AvgIpc) is 3.89. The molecule has 0 saturated heterocycles. The lowest BCUT2D eigenvalue weighted by molar-refractivity contribution is 0.436. The van der Waals surface area contributed by atoms with Gasteiger partial charge in [0.25, 0.3) is 0 Å². The molecular formula is C59H36N2O2. The van der Waals surface area contributed by atoms with E-state index in [0.717, 1.165) is 94.9 Å². The number of furan rings is 1. The van der Waals surface area contributed by atoms with Crippen molar-refractivity contribution in [1.82, 2.24) is 9.97 Å². The first kappa shape index (κ1) is 35.4. The molecule has 0 atom stereocenters. The number of ether oxygens (including phenoxy) is 1. The molecule has 0 unspecified atom stereocenters. The molecule has 0 N–H and O–H groups in total. The molecule has 0 saturated carbocycles. The van der Waals surface area contributed by atoms with E-state index >= 15 is 0 Å². The highest BCUT2D eigenvalue weighted by atomic mass is 16.5. The van der Waals surface area contributed by atoms with E-state index in [4.69, 9.17) is 19.1 Å². The van der Waals surface area contributed by atoms with Crippen LogP contribution in [-0.4, -0.2) is 9.97 Å². The normalized spacial score (nSPS) is 13.0. The Morgan fingerprint density at radius 2 is 0.873 bits per heavy atom. The second-order valence-corrected chi connectivity index (χ2v) is 16.3. The van der Waals surface area contributed by atoms with Crippen molar-refractivity contribution in [1.29, 1.82) is 0 Å². The quantitative estimate of drug-likeness (QED) is 0.174. The van der Waals surface area contributed by atoms with Crippen LogP contribution in [0.15, 0.2) is 223 Å². The van der Waals surface area contributed by atoms with Crippen LogP contribution in [0.25, 0.3) is 89.2 Å². The second kappa shape index (κ2) is 13.8. The average molecular weight is 805 g/mol. The molecule has 1 spiro atoms. The smallest absolute Gasteiger partial charge is 0.161 e. The SMILES string of the molecule is c1ccc(-c2ccc(-c3ccccc3-c3cc(-c4cccc5c4oc4ccccc45)nc(-c4cccc5c4-c4ccccc4C54c5ccccc5Oc5ccccc54)n3)cc2)cc1. The lowest BCUT2D eigenvalue weighted by Gasteiger charge is -2.39. The maximum Gasteiger partial charge on any atom is 0.161 e. The fraction of sp³-hybridized carbons (Fsp3) is 0.0169. The predicted molar refractivity (Wildman–Crippen MR) is 254 cm³/mol. The van der Waals surface area contributed by atoms with Crippen molar-refractivity contribution in [2.45, 2.75) is 5.41 Å². The molecule has 2 aliphatic rings. The van der Waals surface area contributed by atoms with Crippen molar-refractivity contribution in [3.05, 3.63) is 241 Å². The summed E-state index contributed by atoms with van der Waals surface area (Å²) in [4.78, 5) is 11.1. The first-order chi connectivity index (χ1) is 31.2. The molecule has 2 aromatic heterocycles. The van der Waals surface area contributed by atoms with Crippen molar-refractivity contribution >= 4 is 21.9 Å². The van der Waals surface area contributed by atoms with Crippen LogP contribution >= 0.6 is 0 Å². The third-order valence-corrected chi connectivity index (χ3v) is 13.0. The zero-order valence-corrected chi connectivity index (χ0v) is 34.0. The molecule has 0 bridgehead atoms. The zero-order chi connectivity index (χ0) is 41.5. The molecule has 294 valence electrons. The minimum absolute atomic E-state index is 0.619. The summed E-state index contributed by atoms with van der Waals surface area (Å²) in [6, 6.07) is 77.0. The van der Waals surface area contributed by atoms with Gasteiger partial charge in [0.15, 0.2) is 5.82 Å². The largest absolute Gasteiger partial charge is 0.457 e. The Kier molecular flexibility index (Phi) is 7.79. The molecule has 0 fully saturated rings. The van der Waals surface area contributed by atoms with Gasteiger partial charge in [-0.05, 0) is 74.8 Å². The number of rotatable bonds is 5. The van der Waals surface area contributed by atoms with E-state index in [2.05, 4.69) is 206 Å². The van der Waals surface area contributed by atoms with Gasteiger partial charge in [0.1, 0.15) is 22.7 Å². The number of hydrogen-bond acceptors (Lipinski definition) is 4. The first-order valence-corrected chi connectivity index (χ1v) is 21.4. The molecule has 4 heteroatoms. The standard InChI is InChI=1S/C59H36N2O2/c1-2-16-37(17-3-1)38-32-34-39(35-33-38)40-18-4-5-19-41(40)51-36-52(45-23-14-22-43-42-20-7-11-29-53(42)63-57(43)45)61-58(60-51)46-24-15-28-50-56(46)44-21-6-8-25-47(44)59(50)48-26-9-12-30-54(48)62-55-31-13-10-27-49(55)59/h1-36H. The van der Waals surface area contributed by atoms with Gasteiger partial charge in [-0.1, -0.05) is 188 Å². The van der Waals surface area contributed by atoms with Gasteiger partial charge < -0.3 is 9.15 Å². The minimum Gasteiger partial charge on any atom is -0.457 e. The molecule has 1 aliphatic carbocycles. The number of benzene rings is 9. The van der Waals surface area contributed by atoms with Gasteiger partial charge in [-0.25, -0.2) is 9.97 Å². The van der Waals surface area contributed by atoms with Crippen LogP contribution in [0.3, 0.4) is 0 Å². The van der Waals surface area contributed by atoms with E-state index in [1.165, 1.54) is 22.3 Å². The Morgan fingerprint density at radius 3 is 1.65 bits per heavy atom. The number of para-hydroxylation sites is 4. The highest BCUT2D eigenvalue weighted by Crippen LogP contribution is 2.63. The van der Waals surface area contributed by atoms with Gasteiger partial charge in [0.05, 0.1) is 16.8 Å². The molecular weight excluding hydrogens is 769 g/mol. The number of hydrogen-bond donors (Lipinski definition) is 0. The van der Waals surface area contributed by atoms with Gasteiger partial charge in [0.2, 0.25) is 0 Å². The van der Waals surface area contributed by atoms with Crippen molar-refractivity contribution in [2.24, 2.45) is 0 Å². The fourth-order valence-corrected chi connectivity index (χ4v) is 10.3. The Bertz CT molecular complexity index is 3560. The van der Waals surface area contributed by atoms with Crippen LogP contribution in [0, 0.1) is 0 Å². The molecule has 4 nitrogen and oxygen atoms in total. The highest BCUT2D eigenvalue weighted by Gasteiger charge is 2.51. The third kappa shape index (κ3) is 5.28. The van der Waals surface area contributed by atoms with E-state index in [1.54, 1.807) is 0 Å². The van der Waals surface area contributed by atoms with Crippen molar-refractivity contribution < 1.29 is 9.15 Å². The summed E-state index contributed by atoms with van der Waals surface area (Å²) in [6.07, 6.45) is 0. The summed E-state index contributed by atoms with van der Waals surface area (Å²) >= 11 is 0. The van der Waals surface area contributed by atoms with Crippen LogP contribution < -0.4 is 4.74 Å². The van der Waals surface area contributed by atoms with Crippen LogP contribution in [0.2, 0.25) is 0 Å². The maximum atomic E-state index is 6.66. The summed E-state index contributed by atoms with van der Waals surface area (Å²) in [6.45, 7) is 0. The van der Waals surface area contributed by atoms with Gasteiger partial charge in [-0.15, -0.1) is 0 Å². The van der Waals surface area contributed by atoms with E-state index in [-0.39, 0.29) is 0 Å². The molecule has 11 aromatic rings. The molecule has 3 heterocycles. The minimum atomic E-state index is -0.619. The monoisotopic (exact) mass is 804 g/mol. The van der Waals surface area contributed by atoms with Crippen LogP contribution in [0.5, 0.6) is 11.5 Å². The van der Waals surface area contributed by atoms with Crippen molar-refractivity contribution in [3.63, 3.8) is 0 Å². The Labute approximate surface area is 364 Å². The number of nitrogens with zero attached hydrogens (tertiary/aromatic N) is 2. The van der Waals surface area contributed by atoms with Gasteiger partial charge >= 0.3 is 0 Å². The maximum absolute atomic E-state index is 6.66. The van der Waals surface area contributed by atoms with Crippen LogP contribution in [-0.2, 0) is 5.41 Å². The zero-order valence-electron chi connectivity index (χ0n) is 34.0. The summed E-state index contributed by atoms with van der Waals surface area (Å²) in [5.41, 5.74) is 17.0. The highest BCUT2D eigenvalue weighted by molar-refractivity contribution is 6.09. The lowest BCUT2D eigenvalue weighted by atomic mass is 9.66. The van der Waals surface area contributed by atoms with Crippen molar-refractivity contribution in [2.75, 3.05) is 0 Å². The molecule has 0 amide bonds. The predicted octanol–water partition coefficient (Wildman–Crippen LogP) is 15.2. The number of fused-ring (bicyclic) bond motifs is 12. The second-order valence-electron chi connectivity index (χ2n) is 16.3. The molecule has 1 aliphatic heterocycles. The summed E-state index contributed by atoms with van der Waals surface area (Å²) in [5.74, 6) is 2.36. The Balaban J connectivity index is 1.07. The summed E-state index contributed by atoms with van der Waals surface area (Å²) < 4.78 is 13.3. The van der Waals surface area contributed by atoms with E-state index in [1.807, 2.05) is 12.1 Å². The molecule has 13 rings (SSSR count). The first-order valence-electron chi connectivity index (χ1n) is 21.4. The van der Waals surface area contributed by atoms with E-state index in [0.29, 0.717) is 5.82 Å². The van der Waals surface area contributed by atoms with Crippen LogP contribution in [0.4, 0.5) is 0 Å². The Hall–Kier alpha value is -8.34. The van der Waals surface area contributed by atoms with Gasteiger partial charge in [-0.3, -0.25) is 0 Å². The summed E-state index contributed by atoms with van der Waals surface area (Å²) in [5, 5.41) is 2.13.